The Labute approximate surface area is 222 Å². The number of hydrogen-bond donors (Lipinski definition) is 1. The number of fused-ring (bicyclic) bond motifs is 1. The summed E-state index contributed by atoms with van der Waals surface area (Å²) in [5, 5.41) is 0. The molecule has 1 aromatic carbocycles. The fourth-order valence-corrected chi connectivity index (χ4v) is 5.21. The van der Waals surface area contributed by atoms with Gasteiger partial charge in [-0.1, -0.05) is 12.1 Å². The molecule has 1 saturated heterocycles. The Balaban J connectivity index is 0.00000190. The Hall–Kier alpha value is -2.69. The van der Waals surface area contributed by atoms with Crippen LogP contribution < -0.4 is 11.2 Å². The molecule has 1 aliphatic carbocycles. The minimum absolute atomic E-state index is 0. The van der Waals surface area contributed by atoms with Crippen molar-refractivity contribution < 1.29 is 17.6 Å². The number of piperidine rings is 1. The molecule has 1 saturated carbocycles. The molecule has 2 aromatic heterocycles. The number of aryl methyl sites for hydroxylation is 2. The van der Waals surface area contributed by atoms with Gasteiger partial charge in [0.25, 0.3) is 5.56 Å². The van der Waals surface area contributed by atoms with E-state index >= 15 is 0 Å². The van der Waals surface area contributed by atoms with Crippen LogP contribution in [0.4, 0.5) is 17.6 Å². The van der Waals surface area contributed by atoms with E-state index in [1.54, 1.807) is 12.1 Å². The molecule has 37 heavy (non-hydrogen) atoms. The summed E-state index contributed by atoms with van der Waals surface area (Å²) in [6.07, 6.45) is -1.27. The van der Waals surface area contributed by atoms with Crippen LogP contribution in [0.2, 0.25) is 0 Å². The smallest absolute Gasteiger partial charge is 0.302 e. The number of rotatable bonds is 6. The lowest BCUT2D eigenvalue weighted by Crippen LogP contribution is -2.32. The lowest BCUT2D eigenvalue weighted by Gasteiger charge is -2.21. The number of pyridine rings is 1. The van der Waals surface area contributed by atoms with Gasteiger partial charge in [-0.05, 0) is 62.1 Å². The van der Waals surface area contributed by atoms with Gasteiger partial charge in [0.15, 0.2) is 0 Å². The van der Waals surface area contributed by atoms with E-state index in [0.717, 1.165) is 37.2 Å². The van der Waals surface area contributed by atoms with Crippen LogP contribution >= 0.6 is 24.8 Å². The van der Waals surface area contributed by atoms with E-state index in [1.165, 1.54) is 29.8 Å². The third-order valence-corrected chi connectivity index (χ3v) is 7.19. The lowest BCUT2D eigenvalue weighted by molar-refractivity contribution is -0.137. The average Bonchev–Trinajstić information content (AvgIpc) is 3.38. The van der Waals surface area contributed by atoms with Crippen molar-refractivity contribution in [2.75, 3.05) is 19.6 Å². The molecule has 12 heteroatoms. The highest BCUT2D eigenvalue weighted by Gasteiger charge is 2.60. The van der Waals surface area contributed by atoms with E-state index in [1.807, 2.05) is 0 Å². The Bertz CT molecular complexity index is 1390. The van der Waals surface area contributed by atoms with E-state index < -0.39 is 28.8 Å². The summed E-state index contributed by atoms with van der Waals surface area (Å²) in [7, 11) is 0. The van der Waals surface area contributed by atoms with Crippen LogP contribution in [0.1, 0.15) is 29.7 Å². The summed E-state index contributed by atoms with van der Waals surface area (Å²) in [6.45, 7) is 4.23. The molecule has 1 aliphatic heterocycles. The molecule has 2 atom stereocenters. The molecule has 5 rings (SSSR count). The second-order valence-electron chi connectivity index (χ2n) is 9.48. The number of H-pyrrole nitrogens is 1. The monoisotopic (exact) mass is 560 g/mol. The number of aromatic amines is 1. The van der Waals surface area contributed by atoms with Crippen molar-refractivity contribution >= 4 is 24.8 Å². The molecule has 0 spiro atoms. The number of nitrogens with one attached hydrogen (secondary N) is 1. The quantitative estimate of drug-likeness (QED) is 0.448. The SMILES string of the molecule is Cc1nc(-c2cn(CCCN3C[C@@H]4C[C@]4(c4ccc(C(F)(F)F)cc4)C3)c(=O)[nH]c2=O)ccc1F.Cl.Cl. The predicted molar refractivity (Wildman–Crippen MR) is 136 cm³/mol. The number of benzene rings is 1. The van der Waals surface area contributed by atoms with Crippen LogP contribution in [-0.2, 0) is 18.1 Å². The Kier molecular flexibility index (Phi) is 8.26. The first-order valence-corrected chi connectivity index (χ1v) is 11.4. The summed E-state index contributed by atoms with van der Waals surface area (Å²) in [5.74, 6) is -0.0503. The molecule has 6 nitrogen and oxygen atoms in total. The summed E-state index contributed by atoms with van der Waals surface area (Å²) in [4.78, 5) is 33.3. The first-order valence-electron chi connectivity index (χ1n) is 11.4. The van der Waals surface area contributed by atoms with Gasteiger partial charge in [0.2, 0.25) is 0 Å². The summed E-state index contributed by atoms with van der Waals surface area (Å²) < 4.78 is 53.6. The molecule has 200 valence electrons. The molecule has 3 heterocycles. The first kappa shape index (κ1) is 28.9. The Morgan fingerprint density at radius 3 is 2.43 bits per heavy atom. The van der Waals surface area contributed by atoms with E-state index in [2.05, 4.69) is 14.9 Å². The summed E-state index contributed by atoms with van der Waals surface area (Å²) in [5.41, 5.74) is -0.241. The third-order valence-electron chi connectivity index (χ3n) is 7.19. The van der Waals surface area contributed by atoms with Gasteiger partial charge < -0.3 is 4.90 Å². The summed E-state index contributed by atoms with van der Waals surface area (Å²) >= 11 is 0. The third kappa shape index (κ3) is 5.61. The zero-order valence-corrected chi connectivity index (χ0v) is 21.5. The number of likely N-dealkylation sites (tertiary alicyclic amines) is 1. The minimum atomic E-state index is -4.34. The second kappa shape index (κ2) is 10.6. The maximum absolute atomic E-state index is 13.6. The topological polar surface area (TPSA) is 71.0 Å². The van der Waals surface area contributed by atoms with Gasteiger partial charge in [-0.2, -0.15) is 13.2 Å². The lowest BCUT2D eigenvalue weighted by atomic mass is 9.94. The second-order valence-corrected chi connectivity index (χ2v) is 9.48. The van der Waals surface area contributed by atoms with Gasteiger partial charge in [0, 0.05) is 31.2 Å². The van der Waals surface area contributed by atoms with Gasteiger partial charge in [0.05, 0.1) is 22.5 Å². The number of nitrogens with zero attached hydrogens (tertiary/aromatic N) is 3. The van der Waals surface area contributed by atoms with Crippen molar-refractivity contribution in [2.24, 2.45) is 5.92 Å². The van der Waals surface area contributed by atoms with Gasteiger partial charge >= 0.3 is 11.9 Å². The molecule has 2 aliphatic rings. The van der Waals surface area contributed by atoms with Gasteiger partial charge in [0.1, 0.15) is 5.82 Å². The highest BCUT2D eigenvalue weighted by atomic mass is 35.5. The van der Waals surface area contributed by atoms with Crippen LogP contribution in [0, 0.1) is 18.7 Å². The number of hydrogen-bond acceptors (Lipinski definition) is 4. The molecule has 0 radical (unpaired) electrons. The van der Waals surface area contributed by atoms with E-state index in [9.17, 15) is 27.2 Å². The van der Waals surface area contributed by atoms with Crippen LogP contribution in [-0.4, -0.2) is 39.1 Å². The standard InChI is InChI=1S/C25H24F4N4O2.2ClH/c1-15-20(26)7-8-21(30-15)19-13-33(23(35)31-22(19)34)10-2-9-32-12-18-11-24(18,14-32)16-3-5-17(6-4-16)25(27,28)29;;/h3-8,13,18H,2,9-12,14H2,1H3,(H,31,34,35);2*1H/t18-,24+;;/m0../s1. The van der Waals surface area contributed by atoms with Gasteiger partial charge in [-0.3, -0.25) is 14.3 Å². The zero-order chi connectivity index (χ0) is 25.0. The highest BCUT2D eigenvalue weighted by Crippen LogP contribution is 2.59. The molecule has 2 fully saturated rings. The van der Waals surface area contributed by atoms with Crippen LogP contribution in [0.5, 0.6) is 0 Å². The Morgan fingerprint density at radius 2 is 1.78 bits per heavy atom. The van der Waals surface area contributed by atoms with Crippen molar-refractivity contribution in [3.05, 3.63) is 86.1 Å². The number of halogens is 6. The molecular formula is C25H26Cl2F4N4O2. The molecule has 3 aromatic rings. The largest absolute Gasteiger partial charge is 0.416 e. The van der Waals surface area contributed by atoms with Crippen molar-refractivity contribution in [1.29, 1.82) is 0 Å². The maximum Gasteiger partial charge on any atom is 0.416 e. The average molecular weight is 561 g/mol. The van der Waals surface area contributed by atoms with E-state index in [-0.39, 0.29) is 47.2 Å². The molecule has 0 bridgehead atoms. The minimum Gasteiger partial charge on any atom is -0.302 e. The van der Waals surface area contributed by atoms with Crippen molar-refractivity contribution in [3.8, 4) is 11.3 Å². The predicted octanol–water partition coefficient (Wildman–Crippen LogP) is 4.57. The van der Waals surface area contributed by atoms with Gasteiger partial charge in [-0.25, -0.2) is 14.2 Å². The summed E-state index contributed by atoms with van der Waals surface area (Å²) in [6, 6.07) is 8.13. The van der Waals surface area contributed by atoms with E-state index in [4.69, 9.17) is 0 Å². The highest BCUT2D eigenvalue weighted by molar-refractivity contribution is 5.85. The Morgan fingerprint density at radius 1 is 1.08 bits per heavy atom. The van der Waals surface area contributed by atoms with Crippen molar-refractivity contribution in [3.63, 3.8) is 0 Å². The van der Waals surface area contributed by atoms with Crippen molar-refractivity contribution in [1.82, 2.24) is 19.4 Å². The number of alkyl halides is 3. The van der Waals surface area contributed by atoms with Crippen LogP contribution in [0.3, 0.4) is 0 Å². The molecular weight excluding hydrogens is 535 g/mol. The van der Waals surface area contributed by atoms with Crippen molar-refractivity contribution in [2.45, 2.75) is 37.9 Å². The molecule has 0 amide bonds. The first-order chi connectivity index (χ1) is 16.6. The maximum atomic E-state index is 13.6. The fraction of sp³-hybridized carbons (Fsp3) is 0.400. The van der Waals surface area contributed by atoms with E-state index in [0.29, 0.717) is 25.4 Å². The molecule has 1 N–H and O–H groups in total. The van der Waals surface area contributed by atoms with Crippen LogP contribution in [0.25, 0.3) is 11.3 Å². The van der Waals surface area contributed by atoms with Crippen LogP contribution in [0.15, 0.2) is 52.2 Å². The zero-order valence-electron chi connectivity index (χ0n) is 19.8. The van der Waals surface area contributed by atoms with Gasteiger partial charge in [-0.15, -0.1) is 24.8 Å². The number of aromatic nitrogens is 3. The fourth-order valence-electron chi connectivity index (χ4n) is 5.21. The molecule has 0 unspecified atom stereocenters. The normalized spacial score (nSPS) is 20.6.